The molecule has 3 aromatic carbocycles. The van der Waals surface area contributed by atoms with E-state index in [-0.39, 0.29) is 17.0 Å². The summed E-state index contributed by atoms with van der Waals surface area (Å²) in [6.45, 7) is 11.2. The molecule has 0 aliphatic heterocycles. The summed E-state index contributed by atoms with van der Waals surface area (Å²) < 4.78 is 0. The van der Waals surface area contributed by atoms with Crippen LogP contribution in [0.15, 0.2) is 138 Å². The van der Waals surface area contributed by atoms with Gasteiger partial charge < -0.3 is 17.0 Å². The zero-order valence-electron chi connectivity index (χ0n) is 25.2. The van der Waals surface area contributed by atoms with Gasteiger partial charge >= 0.3 is 0 Å². The lowest BCUT2D eigenvalue weighted by Crippen LogP contribution is -3.00. The highest BCUT2D eigenvalue weighted by molar-refractivity contribution is 7.95. The second-order valence-corrected chi connectivity index (χ2v) is 14.6. The van der Waals surface area contributed by atoms with Crippen molar-refractivity contribution in [3.05, 3.63) is 138 Å². The molecule has 40 heavy (non-hydrogen) atoms. The van der Waals surface area contributed by atoms with Gasteiger partial charge in [-0.05, 0) is 116 Å². The Bertz CT molecular complexity index is 1150. The van der Waals surface area contributed by atoms with E-state index >= 15 is 0 Å². The monoisotopic (exact) mass is 614 g/mol. The minimum atomic E-state index is -1.80. The predicted molar refractivity (Wildman–Crippen MR) is 178 cm³/mol. The van der Waals surface area contributed by atoms with Crippen molar-refractivity contribution in [2.75, 3.05) is 6.16 Å². The molecule has 0 aliphatic rings. The molecular formula is C38H48BrP. The molecule has 0 amide bonds. The molecule has 3 rings (SSSR count). The van der Waals surface area contributed by atoms with Crippen LogP contribution in [0.2, 0.25) is 0 Å². The van der Waals surface area contributed by atoms with Gasteiger partial charge in [-0.3, -0.25) is 0 Å². The first-order valence-electron chi connectivity index (χ1n) is 14.6. The van der Waals surface area contributed by atoms with Gasteiger partial charge in [0.05, 0.1) is 6.16 Å². The Morgan fingerprint density at radius 3 is 1.15 bits per heavy atom. The molecule has 0 aliphatic carbocycles. The standard InChI is InChI=1S/C38H48P.BrH/c1-32(2)18-15-19-33(3)20-16-21-34(4)22-17-23-35(5)30-31-39(36-24-9-6-10-25-36,37-26-11-7-12-27-37)38-28-13-8-14-29-38;/h6-14,18,20,22,24-30H,15-17,19,21,23,31H2,1-5H3;1H/q+1;/p-1. The Morgan fingerprint density at radius 2 is 0.800 bits per heavy atom. The molecule has 0 atom stereocenters. The summed E-state index contributed by atoms with van der Waals surface area (Å²) in [6.07, 6.45) is 17.7. The van der Waals surface area contributed by atoms with Crippen LogP contribution in [-0.2, 0) is 0 Å². The Labute approximate surface area is 256 Å². The van der Waals surface area contributed by atoms with Gasteiger partial charge in [-0.25, -0.2) is 0 Å². The zero-order chi connectivity index (χ0) is 27.9. The third-order valence-corrected chi connectivity index (χ3v) is 11.7. The van der Waals surface area contributed by atoms with Gasteiger partial charge in [0, 0.05) is 0 Å². The average Bonchev–Trinajstić information content (AvgIpc) is 2.95. The molecule has 0 unspecified atom stereocenters. The van der Waals surface area contributed by atoms with Crippen molar-refractivity contribution in [3.8, 4) is 0 Å². The van der Waals surface area contributed by atoms with Crippen molar-refractivity contribution in [2.45, 2.75) is 73.1 Å². The summed E-state index contributed by atoms with van der Waals surface area (Å²) in [5.41, 5.74) is 5.93. The van der Waals surface area contributed by atoms with Crippen LogP contribution < -0.4 is 32.9 Å². The third kappa shape index (κ3) is 10.5. The normalized spacial score (nSPS) is 12.6. The predicted octanol–water partition coefficient (Wildman–Crippen LogP) is 7.13. The van der Waals surface area contributed by atoms with Crippen LogP contribution in [0.5, 0.6) is 0 Å². The topological polar surface area (TPSA) is 0 Å². The first-order chi connectivity index (χ1) is 18.9. The van der Waals surface area contributed by atoms with Crippen LogP contribution in [-0.4, -0.2) is 6.16 Å². The molecule has 0 spiro atoms. The first kappa shape index (κ1) is 33.7. The molecule has 0 nitrogen and oxygen atoms in total. The highest BCUT2D eigenvalue weighted by Crippen LogP contribution is 2.55. The Morgan fingerprint density at radius 1 is 0.475 bits per heavy atom. The lowest BCUT2D eigenvalue weighted by atomic mass is 10.0. The molecule has 0 saturated carbocycles. The van der Waals surface area contributed by atoms with Crippen LogP contribution in [0.25, 0.3) is 0 Å². The Hall–Kier alpha value is -2.47. The largest absolute Gasteiger partial charge is 1.00 e. The van der Waals surface area contributed by atoms with Crippen molar-refractivity contribution in [1.29, 1.82) is 0 Å². The van der Waals surface area contributed by atoms with Crippen LogP contribution >= 0.6 is 7.26 Å². The minimum Gasteiger partial charge on any atom is -1.00 e. The number of halogens is 1. The second kappa shape index (κ2) is 18.1. The molecule has 0 bridgehead atoms. The molecule has 0 saturated heterocycles. The van der Waals surface area contributed by atoms with E-state index in [1.165, 1.54) is 44.6 Å². The lowest BCUT2D eigenvalue weighted by Gasteiger charge is -2.27. The number of benzene rings is 3. The molecule has 0 aromatic heterocycles. The first-order valence-corrected chi connectivity index (χ1v) is 16.5. The fourth-order valence-electron chi connectivity index (χ4n) is 5.09. The average molecular weight is 616 g/mol. The van der Waals surface area contributed by atoms with Gasteiger partial charge in [0.1, 0.15) is 23.2 Å². The SMILES string of the molecule is CC(C)=CCCC(C)=CCCC(C)=CCCC(C)=CC[P+](c1ccccc1)(c1ccccc1)c1ccccc1.[Br-]. The molecule has 3 aromatic rings. The third-order valence-electron chi connectivity index (χ3n) is 7.46. The van der Waals surface area contributed by atoms with Crippen molar-refractivity contribution >= 4 is 23.2 Å². The molecule has 2 heteroatoms. The Balaban J connectivity index is 0.00000560. The van der Waals surface area contributed by atoms with Gasteiger partial charge in [0.25, 0.3) is 0 Å². The van der Waals surface area contributed by atoms with Gasteiger partial charge in [-0.2, -0.15) is 0 Å². The maximum atomic E-state index is 2.53. The smallest absolute Gasteiger partial charge is 0.115 e. The van der Waals surface area contributed by atoms with E-state index in [9.17, 15) is 0 Å². The number of allylic oxidation sites excluding steroid dienone is 8. The Kier molecular flexibility index (Phi) is 15.2. The molecule has 0 radical (unpaired) electrons. The summed E-state index contributed by atoms with van der Waals surface area (Å²) in [5, 5.41) is 4.35. The lowest BCUT2D eigenvalue weighted by molar-refractivity contribution is -0.00000821. The fraction of sp³-hybridized carbons (Fsp3) is 0.316. The molecule has 0 N–H and O–H groups in total. The van der Waals surface area contributed by atoms with Crippen LogP contribution in [0.1, 0.15) is 73.1 Å². The van der Waals surface area contributed by atoms with Gasteiger partial charge in [0.2, 0.25) is 0 Å². The molecule has 0 fully saturated rings. The fourth-order valence-corrected chi connectivity index (χ4v) is 9.25. The van der Waals surface area contributed by atoms with E-state index in [2.05, 4.69) is 150 Å². The summed E-state index contributed by atoms with van der Waals surface area (Å²) >= 11 is 0. The van der Waals surface area contributed by atoms with Crippen LogP contribution in [0, 0.1) is 0 Å². The van der Waals surface area contributed by atoms with E-state index < -0.39 is 7.26 Å². The summed E-state index contributed by atoms with van der Waals surface area (Å²) in [4.78, 5) is 0. The molecular weight excluding hydrogens is 567 g/mol. The van der Waals surface area contributed by atoms with Crippen molar-refractivity contribution in [1.82, 2.24) is 0 Å². The van der Waals surface area contributed by atoms with E-state index in [0.717, 1.165) is 38.3 Å². The number of hydrogen-bond donors (Lipinski definition) is 0. The highest BCUT2D eigenvalue weighted by Gasteiger charge is 2.44. The van der Waals surface area contributed by atoms with Crippen molar-refractivity contribution in [2.24, 2.45) is 0 Å². The van der Waals surface area contributed by atoms with Gasteiger partial charge in [0.15, 0.2) is 0 Å². The summed E-state index contributed by atoms with van der Waals surface area (Å²) in [7, 11) is -1.80. The highest BCUT2D eigenvalue weighted by atomic mass is 79.9. The van der Waals surface area contributed by atoms with Gasteiger partial charge in [-0.15, -0.1) is 0 Å². The number of hydrogen-bond acceptors (Lipinski definition) is 0. The zero-order valence-corrected chi connectivity index (χ0v) is 27.7. The second-order valence-electron chi connectivity index (χ2n) is 11.0. The maximum absolute atomic E-state index is 2.53. The van der Waals surface area contributed by atoms with Crippen molar-refractivity contribution < 1.29 is 17.0 Å². The number of rotatable bonds is 14. The van der Waals surface area contributed by atoms with E-state index in [0.29, 0.717) is 0 Å². The van der Waals surface area contributed by atoms with Gasteiger partial charge in [-0.1, -0.05) is 95.1 Å². The quantitative estimate of drug-likeness (QED) is 0.134. The van der Waals surface area contributed by atoms with Crippen LogP contribution in [0.3, 0.4) is 0 Å². The van der Waals surface area contributed by atoms with E-state index in [4.69, 9.17) is 0 Å². The van der Waals surface area contributed by atoms with Crippen molar-refractivity contribution in [3.63, 3.8) is 0 Å². The van der Waals surface area contributed by atoms with E-state index in [1.807, 2.05) is 0 Å². The van der Waals surface area contributed by atoms with Crippen LogP contribution in [0.4, 0.5) is 0 Å². The maximum Gasteiger partial charge on any atom is 0.115 e. The molecule has 0 heterocycles. The minimum absolute atomic E-state index is 0. The molecule has 212 valence electrons. The summed E-state index contributed by atoms with van der Waals surface area (Å²) in [6, 6.07) is 33.6. The summed E-state index contributed by atoms with van der Waals surface area (Å²) in [5.74, 6) is 0. The van der Waals surface area contributed by atoms with E-state index in [1.54, 1.807) is 0 Å².